The number of rotatable bonds is 3. The van der Waals surface area contributed by atoms with Crippen LogP contribution in [0.4, 0.5) is 0 Å². The summed E-state index contributed by atoms with van der Waals surface area (Å²) in [5.74, 6) is -0.0557. The molecule has 1 heterocycles. The van der Waals surface area contributed by atoms with Gasteiger partial charge in [0.05, 0.1) is 17.0 Å². The summed E-state index contributed by atoms with van der Waals surface area (Å²) in [7, 11) is -3.71. The summed E-state index contributed by atoms with van der Waals surface area (Å²) in [5, 5.41) is 19.6. The Morgan fingerprint density at radius 1 is 1.00 bits per heavy atom. The highest BCUT2D eigenvalue weighted by Crippen LogP contribution is 2.30. The molecule has 1 aromatic heterocycles. The molecular weight excluding hydrogens is 290 g/mol. The largest absolute Gasteiger partial charge is 0.508 e. The molecule has 0 aliphatic carbocycles. The maximum atomic E-state index is 12.6. The molecule has 0 radical (unpaired) electrons. The Labute approximate surface area is 121 Å². The van der Waals surface area contributed by atoms with Crippen molar-refractivity contribution in [1.82, 2.24) is 3.97 Å². The molecule has 0 saturated heterocycles. The first-order chi connectivity index (χ1) is 10.1. The monoisotopic (exact) mass is 303 g/mol. The predicted molar refractivity (Wildman–Crippen MR) is 78.6 cm³/mol. The van der Waals surface area contributed by atoms with Crippen LogP contribution in [-0.4, -0.2) is 22.6 Å². The zero-order valence-electron chi connectivity index (χ0n) is 11.0. The zero-order valence-corrected chi connectivity index (χ0v) is 11.8. The molecule has 0 aliphatic heterocycles. The number of fused-ring (bicyclic) bond motifs is 1. The molecule has 0 aliphatic rings. The van der Waals surface area contributed by atoms with Gasteiger partial charge in [-0.1, -0.05) is 18.2 Å². The van der Waals surface area contributed by atoms with Crippen molar-refractivity contribution in [3.8, 4) is 5.75 Å². The summed E-state index contributed by atoms with van der Waals surface area (Å²) in [6, 6.07) is 12.6. The molecule has 6 heteroatoms. The zero-order chi connectivity index (χ0) is 15.0. The number of hydrogen-bond donors (Lipinski definition) is 2. The van der Waals surface area contributed by atoms with Crippen LogP contribution in [0.3, 0.4) is 0 Å². The van der Waals surface area contributed by atoms with Crippen molar-refractivity contribution in [2.75, 3.05) is 0 Å². The standard InChI is InChI=1S/C15H13NO4S/c17-10-13-12-8-9-16(14(12)6-7-15(13)18)21(19,20)11-4-2-1-3-5-11/h1-9,17-18H,10H2. The number of aromatic nitrogens is 1. The molecule has 108 valence electrons. The van der Waals surface area contributed by atoms with Crippen LogP contribution in [0.25, 0.3) is 10.9 Å². The van der Waals surface area contributed by atoms with Crippen LogP contribution >= 0.6 is 0 Å². The smallest absolute Gasteiger partial charge is 0.268 e. The molecule has 2 aromatic carbocycles. The minimum atomic E-state index is -3.71. The fourth-order valence-corrected chi connectivity index (χ4v) is 3.69. The summed E-state index contributed by atoms with van der Waals surface area (Å²) in [4.78, 5) is 0.182. The van der Waals surface area contributed by atoms with Crippen LogP contribution in [0.15, 0.2) is 59.6 Å². The van der Waals surface area contributed by atoms with Crippen molar-refractivity contribution < 1.29 is 18.6 Å². The van der Waals surface area contributed by atoms with Crippen LogP contribution < -0.4 is 0 Å². The molecule has 0 bridgehead atoms. The highest BCUT2D eigenvalue weighted by Gasteiger charge is 2.20. The van der Waals surface area contributed by atoms with Crippen molar-refractivity contribution in [2.24, 2.45) is 0 Å². The Morgan fingerprint density at radius 3 is 2.38 bits per heavy atom. The molecule has 3 rings (SSSR count). The van der Waals surface area contributed by atoms with Gasteiger partial charge >= 0.3 is 0 Å². The minimum Gasteiger partial charge on any atom is -0.508 e. The minimum absolute atomic E-state index is 0.0557. The van der Waals surface area contributed by atoms with E-state index >= 15 is 0 Å². The van der Waals surface area contributed by atoms with Crippen LogP contribution in [0.2, 0.25) is 0 Å². The first kappa shape index (κ1) is 13.7. The van der Waals surface area contributed by atoms with Crippen LogP contribution in [0.1, 0.15) is 5.56 Å². The van der Waals surface area contributed by atoms with E-state index in [0.717, 1.165) is 3.97 Å². The molecule has 0 unspecified atom stereocenters. The third kappa shape index (κ3) is 2.09. The first-order valence-electron chi connectivity index (χ1n) is 6.29. The quantitative estimate of drug-likeness (QED) is 0.776. The molecule has 0 amide bonds. The summed E-state index contributed by atoms with van der Waals surface area (Å²) in [5.41, 5.74) is 0.732. The van der Waals surface area contributed by atoms with Gasteiger partial charge in [0.15, 0.2) is 0 Å². The average Bonchev–Trinajstić information content (AvgIpc) is 2.92. The van der Waals surface area contributed by atoms with E-state index in [1.807, 2.05) is 0 Å². The molecule has 3 aromatic rings. The second-order valence-electron chi connectivity index (χ2n) is 4.58. The van der Waals surface area contributed by atoms with E-state index in [0.29, 0.717) is 16.5 Å². The maximum absolute atomic E-state index is 12.6. The van der Waals surface area contributed by atoms with Crippen molar-refractivity contribution in [2.45, 2.75) is 11.5 Å². The predicted octanol–water partition coefficient (Wildman–Crippen LogP) is 2.08. The fourth-order valence-electron chi connectivity index (χ4n) is 2.32. The lowest BCUT2D eigenvalue weighted by Crippen LogP contribution is -2.11. The molecule has 0 fully saturated rings. The fraction of sp³-hybridized carbons (Fsp3) is 0.0667. The Balaban J connectivity index is 2.28. The molecule has 2 N–H and O–H groups in total. The van der Waals surface area contributed by atoms with Gasteiger partial charge in [0, 0.05) is 17.1 Å². The molecular formula is C15H13NO4S. The summed E-state index contributed by atoms with van der Waals surface area (Å²) in [6.07, 6.45) is 1.42. The van der Waals surface area contributed by atoms with Gasteiger partial charge in [-0.25, -0.2) is 12.4 Å². The molecule has 5 nitrogen and oxygen atoms in total. The number of nitrogens with zero attached hydrogens (tertiary/aromatic N) is 1. The Kier molecular flexibility index (Phi) is 3.19. The summed E-state index contributed by atoms with van der Waals surface area (Å²) < 4.78 is 26.4. The van der Waals surface area contributed by atoms with Gasteiger partial charge < -0.3 is 10.2 Å². The third-order valence-corrected chi connectivity index (χ3v) is 5.09. The molecule has 0 saturated carbocycles. The molecule has 0 atom stereocenters. The van der Waals surface area contributed by atoms with E-state index in [-0.39, 0.29) is 17.3 Å². The second-order valence-corrected chi connectivity index (χ2v) is 6.40. The van der Waals surface area contributed by atoms with E-state index < -0.39 is 10.0 Å². The first-order valence-corrected chi connectivity index (χ1v) is 7.73. The van der Waals surface area contributed by atoms with Crippen molar-refractivity contribution in [3.63, 3.8) is 0 Å². The highest BCUT2D eigenvalue weighted by molar-refractivity contribution is 7.90. The Hall–Kier alpha value is -2.31. The summed E-state index contributed by atoms with van der Waals surface area (Å²) in [6.45, 7) is -0.363. The molecule has 0 spiro atoms. The second kappa shape index (κ2) is 4.91. The maximum Gasteiger partial charge on any atom is 0.268 e. The van der Waals surface area contributed by atoms with E-state index in [1.54, 1.807) is 24.3 Å². The van der Waals surface area contributed by atoms with Crippen molar-refractivity contribution in [3.05, 3.63) is 60.3 Å². The van der Waals surface area contributed by atoms with Crippen molar-refractivity contribution in [1.29, 1.82) is 0 Å². The summed E-state index contributed by atoms with van der Waals surface area (Å²) >= 11 is 0. The lowest BCUT2D eigenvalue weighted by Gasteiger charge is -2.09. The number of benzene rings is 2. The third-order valence-electron chi connectivity index (χ3n) is 3.38. The van der Waals surface area contributed by atoms with Gasteiger partial charge in [0.2, 0.25) is 0 Å². The van der Waals surface area contributed by atoms with Gasteiger partial charge in [-0.3, -0.25) is 0 Å². The SMILES string of the molecule is O=S(=O)(c1ccccc1)n1ccc2c(CO)c(O)ccc21. The van der Waals surface area contributed by atoms with Gasteiger partial charge in [0.25, 0.3) is 10.0 Å². The van der Waals surface area contributed by atoms with Crippen LogP contribution in [0.5, 0.6) is 5.75 Å². The van der Waals surface area contributed by atoms with Gasteiger partial charge in [0.1, 0.15) is 5.75 Å². The Bertz CT molecular complexity index is 898. The van der Waals surface area contributed by atoms with Gasteiger partial charge in [-0.05, 0) is 30.3 Å². The number of aliphatic hydroxyl groups is 1. The normalized spacial score (nSPS) is 11.9. The number of hydrogen-bond acceptors (Lipinski definition) is 4. The van der Waals surface area contributed by atoms with Crippen LogP contribution in [-0.2, 0) is 16.6 Å². The lowest BCUT2D eigenvalue weighted by atomic mass is 10.1. The molecule has 21 heavy (non-hydrogen) atoms. The van der Waals surface area contributed by atoms with Gasteiger partial charge in [-0.15, -0.1) is 0 Å². The number of phenols is 1. The Morgan fingerprint density at radius 2 is 1.71 bits per heavy atom. The van der Waals surface area contributed by atoms with E-state index in [2.05, 4.69) is 0 Å². The van der Waals surface area contributed by atoms with E-state index in [4.69, 9.17) is 0 Å². The van der Waals surface area contributed by atoms with Crippen molar-refractivity contribution >= 4 is 20.9 Å². The number of aromatic hydroxyl groups is 1. The topological polar surface area (TPSA) is 79.5 Å². The average molecular weight is 303 g/mol. The van der Waals surface area contributed by atoms with E-state index in [9.17, 15) is 18.6 Å². The highest BCUT2D eigenvalue weighted by atomic mass is 32.2. The lowest BCUT2D eigenvalue weighted by molar-refractivity contribution is 0.277. The van der Waals surface area contributed by atoms with Crippen LogP contribution in [0, 0.1) is 0 Å². The number of aliphatic hydroxyl groups excluding tert-OH is 1. The van der Waals surface area contributed by atoms with Gasteiger partial charge in [-0.2, -0.15) is 0 Å². The van der Waals surface area contributed by atoms with E-state index in [1.165, 1.54) is 30.5 Å².